The van der Waals surface area contributed by atoms with E-state index in [1.807, 2.05) is 70.2 Å². The normalized spacial score (nSPS) is 14.6. The summed E-state index contributed by atoms with van der Waals surface area (Å²) < 4.78 is 6.14. The molecule has 0 amide bonds. The van der Waals surface area contributed by atoms with Crippen LogP contribution < -0.4 is 11.5 Å². The van der Waals surface area contributed by atoms with Crippen molar-refractivity contribution in [3.63, 3.8) is 0 Å². The molecule has 0 bridgehead atoms. The SMILES string of the molecule is Cc1ccc(C2(c3ccc(C)c(C)c3N)OC(=O)c3ccccc32)c(N)c1C. The maximum Gasteiger partial charge on any atom is 0.340 e. The quantitative estimate of drug-likeness (QED) is 0.511. The molecule has 1 aliphatic heterocycles. The minimum atomic E-state index is -1.17. The van der Waals surface area contributed by atoms with E-state index < -0.39 is 5.60 Å². The van der Waals surface area contributed by atoms with Gasteiger partial charge in [-0.2, -0.15) is 0 Å². The van der Waals surface area contributed by atoms with Gasteiger partial charge in [-0.25, -0.2) is 4.79 Å². The minimum absolute atomic E-state index is 0.370. The highest BCUT2D eigenvalue weighted by Gasteiger charge is 2.50. The van der Waals surface area contributed by atoms with Crippen LogP contribution in [0.2, 0.25) is 0 Å². The maximum atomic E-state index is 12.9. The van der Waals surface area contributed by atoms with Gasteiger partial charge in [-0.15, -0.1) is 0 Å². The maximum absolute atomic E-state index is 12.9. The summed E-state index contributed by atoms with van der Waals surface area (Å²) in [6, 6.07) is 15.4. The van der Waals surface area contributed by atoms with Gasteiger partial charge in [0.05, 0.1) is 5.56 Å². The van der Waals surface area contributed by atoms with E-state index in [1.165, 1.54) is 0 Å². The standard InChI is InChI=1S/C24H24N2O2/c1-13-9-11-19(21(25)15(13)3)24(20-12-10-14(2)16(4)22(20)26)18-8-6-5-7-17(18)23(27)28-24/h5-12H,25-26H2,1-4H3. The first-order valence-corrected chi connectivity index (χ1v) is 9.34. The molecule has 0 aliphatic carbocycles. The summed E-state index contributed by atoms with van der Waals surface area (Å²) >= 11 is 0. The number of anilines is 2. The Morgan fingerprint density at radius 3 is 1.75 bits per heavy atom. The van der Waals surface area contributed by atoms with Gasteiger partial charge in [0.25, 0.3) is 0 Å². The van der Waals surface area contributed by atoms with Crippen LogP contribution in [0.4, 0.5) is 11.4 Å². The van der Waals surface area contributed by atoms with Gasteiger partial charge in [0.2, 0.25) is 0 Å². The largest absolute Gasteiger partial charge is 0.440 e. The molecular formula is C24H24N2O2. The molecule has 28 heavy (non-hydrogen) atoms. The molecule has 0 radical (unpaired) electrons. The summed E-state index contributed by atoms with van der Waals surface area (Å²) in [6.07, 6.45) is 0. The monoisotopic (exact) mass is 372 g/mol. The molecule has 4 rings (SSSR count). The molecule has 1 heterocycles. The molecule has 0 fully saturated rings. The van der Waals surface area contributed by atoms with E-state index in [-0.39, 0.29) is 5.97 Å². The van der Waals surface area contributed by atoms with Crippen LogP contribution in [0.5, 0.6) is 0 Å². The van der Waals surface area contributed by atoms with Gasteiger partial charge in [0, 0.05) is 28.1 Å². The van der Waals surface area contributed by atoms with Gasteiger partial charge in [-0.3, -0.25) is 0 Å². The summed E-state index contributed by atoms with van der Waals surface area (Å²) in [5, 5.41) is 0. The second kappa shape index (κ2) is 6.13. The van der Waals surface area contributed by atoms with Gasteiger partial charge in [0.1, 0.15) is 0 Å². The van der Waals surface area contributed by atoms with Crippen LogP contribution in [-0.4, -0.2) is 5.97 Å². The lowest BCUT2D eigenvalue weighted by molar-refractivity contribution is 0.0255. The van der Waals surface area contributed by atoms with Crippen molar-refractivity contribution >= 4 is 17.3 Å². The van der Waals surface area contributed by atoms with Crippen molar-refractivity contribution in [2.75, 3.05) is 11.5 Å². The van der Waals surface area contributed by atoms with Crippen LogP contribution in [0, 0.1) is 27.7 Å². The number of rotatable bonds is 2. The molecular weight excluding hydrogens is 348 g/mol. The topological polar surface area (TPSA) is 78.3 Å². The van der Waals surface area contributed by atoms with E-state index in [0.717, 1.165) is 38.9 Å². The molecule has 0 saturated heterocycles. The lowest BCUT2D eigenvalue weighted by Crippen LogP contribution is -2.32. The van der Waals surface area contributed by atoms with E-state index in [4.69, 9.17) is 16.2 Å². The zero-order chi connectivity index (χ0) is 20.2. The van der Waals surface area contributed by atoms with E-state index in [1.54, 1.807) is 6.07 Å². The lowest BCUT2D eigenvalue weighted by atomic mass is 9.76. The molecule has 3 aromatic carbocycles. The number of carbonyl (C=O) groups excluding carboxylic acids is 1. The molecule has 142 valence electrons. The van der Waals surface area contributed by atoms with E-state index in [0.29, 0.717) is 16.9 Å². The number of ether oxygens (including phenoxy) is 1. The van der Waals surface area contributed by atoms with Crippen molar-refractivity contribution < 1.29 is 9.53 Å². The molecule has 1 aliphatic rings. The summed E-state index contributed by atoms with van der Waals surface area (Å²) in [6.45, 7) is 7.99. The first-order chi connectivity index (χ1) is 13.3. The number of benzene rings is 3. The van der Waals surface area contributed by atoms with Crippen molar-refractivity contribution in [2.45, 2.75) is 33.3 Å². The van der Waals surface area contributed by atoms with Crippen molar-refractivity contribution in [3.05, 3.63) is 93.0 Å². The van der Waals surface area contributed by atoms with Crippen molar-refractivity contribution in [2.24, 2.45) is 0 Å². The Balaban J connectivity index is 2.16. The summed E-state index contributed by atoms with van der Waals surface area (Å²) in [5.74, 6) is -0.370. The Bertz CT molecular complexity index is 1070. The Morgan fingerprint density at radius 2 is 1.21 bits per heavy atom. The number of aryl methyl sites for hydroxylation is 2. The third-order valence-corrected chi connectivity index (χ3v) is 6.10. The Morgan fingerprint density at radius 1 is 0.714 bits per heavy atom. The first-order valence-electron chi connectivity index (χ1n) is 9.34. The first kappa shape index (κ1) is 18.1. The van der Waals surface area contributed by atoms with E-state index >= 15 is 0 Å². The van der Waals surface area contributed by atoms with Gasteiger partial charge in [-0.05, 0) is 56.0 Å². The van der Waals surface area contributed by atoms with Gasteiger partial charge >= 0.3 is 5.97 Å². The fourth-order valence-corrected chi connectivity index (χ4v) is 4.05. The molecule has 4 heteroatoms. The fourth-order valence-electron chi connectivity index (χ4n) is 4.05. The number of esters is 1. The number of cyclic esters (lactones) is 1. The van der Waals surface area contributed by atoms with Crippen LogP contribution in [0.1, 0.15) is 49.3 Å². The summed E-state index contributed by atoms with van der Waals surface area (Å²) in [4.78, 5) is 12.9. The molecule has 0 unspecified atom stereocenters. The highest BCUT2D eigenvalue weighted by atomic mass is 16.6. The number of hydrogen-bond acceptors (Lipinski definition) is 4. The average molecular weight is 372 g/mol. The van der Waals surface area contributed by atoms with Gasteiger partial charge in [-0.1, -0.05) is 42.5 Å². The van der Waals surface area contributed by atoms with Crippen LogP contribution in [-0.2, 0) is 10.3 Å². The fraction of sp³-hybridized carbons (Fsp3) is 0.208. The molecule has 3 aromatic rings. The average Bonchev–Trinajstić information content (AvgIpc) is 2.98. The molecule has 0 saturated carbocycles. The highest BCUT2D eigenvalue weighted by molar-refractivity contribution is 5.97. The minimum Gasteiger partial charge on any atom is -0.440 e. The molecule has 0 spiro atoms. The molecule has 0 atom stereocenters. The number of fused-ring (bicyclic) bond motifs is 1. The second-order valence-electron chi connectivity index (χ2n) is 7.55. The van der Waals surface area contributed by atoms with Crippen LogP contribution in [0.3, 0.4) is 0 Å². The van der Waals surface area contributed by atoms with Crippen molar-refractivity contribution in [3.8, 4) is 0 Å². The van der Waals surface area contributed by atoms with E-state index in [9.17, 15) is 4.79 Å². The predicted octanol–water partition coefficient (Wildman–Crippen LogP) is 4.55. The number of carbonyl (C=O) groups is 1. The number of nitrogens with two attached hydrogens (primary N) is 2. The Kier molecular flexibility index (Phi) is 3.96. The Labute approximate surface area is 165 Å². The molecule has 4 nitrogen and oxygen atoms in total. The number of nitrogen functional groups attached to an aromatic ring is 2. The Hall–Kier alpha value is -3.27. The van der Waals surface area contributed by atoms with Gasteiger partial charge in [0.15, 0.2) is 5.60 Å². The number of hydrogen-bond donors (Lipinski definition) is 2. The van der Waals surface area contributed by atoms with Crippen molar-refractivity contribution in [1.82, 2.24) is 0 Å². The van der Waals surface area contributed by atoms with Crippen LogP contribution >= 0.6 is 0 Å². The summed E-state index contributed by atoms with van der Waals surface area (Å²) in [7, 11) is 0. The highest BCUT2D eigenvalue weighted by Crippen LogP contribution is 2.51. The zero-order valence-electron chi connectivity index (χ0n) is 16.6. The van der Waals surface area contributed by atoms with Crippen LogP contribution in [0.25, 0.3) is 0 Å². The van der Waals surface area contributed by atoms with Crippen molar-refractivity contribution in [1.29, 1.82) is 0 Å². The zero-order valence-corrected chi connectivity index (χ0v) is 16.6. The molecule has 0 aromatic heterocycles. The van der Waals surface area contributed by atoms with Gasteiger partial charge < -0.3 is 16.2 Å². The lowest BCUT2D eigenvalue weighted by Gasteiger charge is -2.33. The predicted molar refractivity (Wildman–Crippen MR) is 112 cm³/mol. The van der Waals surface area contributed by atoms with E-state index in [2.05, 4.69) is 0 Å². The van der Waals surface area contributed by atoms with Crippen LogP contribution in [0.15, 0.2) is 48.5 Å². The summed E-state index contributed by atoms with van der Waals surface area (Å²) in [5.41, 5.74) is 20.1. The molecule has 4 N–H and O–H groups in total. The third kappa shape index (κ3) is 2.27. The second-order valence-corrected chi connectivity index (χ2v) is 7.55. The smallest absolute Gasteiger partial charge is 0.340 e. The third-order valence-electron chi connectivity index (χ3n) is 6.10.